The number of hydrogen-bond acceptors (Lipinski definition) is 2. The zero-order valence-electron chi connectivity index (χ0n) is 27.3. The highest BCUT2D eigenvalue weighted by molar-refractivity contribution is 6.23. The summed E-state index contributed by atoms with van der Waals surface area (Å²) in [5.41, 5.74) is 9.85. The third-order valence-electron chi connectivity index (χ3n) is 10.0. The van der Waals surface area contributed by atoms with E-state index in [9.17, 15) is 0 Å². The number of furan rings is 1. The first-order valence-corrected chi connectivity index (χ1v) is 17.1. The number of nitrogens with zero attached hydrogens (tertiary/aromatic N) is 1. The summed E-state index contributed by atoms with van der Waals surface area (Å²) < 4.78 is 6.79. The van der Waals surface area contributed by atoms with Crippen LogP contribution in [0.4, 0.5) is 17.1 Å². The predicted molar refractivity (Wildman–Crippen MR) is 212 cm³/mol. The molecule has 1 aromatic heterocycles. The molecular weight excluding hydrogens is 607 g/mol. The highest BCUT2D eigenvalue weighted by atomic mass is 16.3. The van der Waals surface area contributed by atoms with Gasteiger partial charge in [-0.1, -0.05) is 152 Å². The van der Waals surface area contributed by atoms with E-state index in [1.54, 1.807) is 0 Å². The van der Waals surface area contributed by atoms with Crippen LogP contribution in [0, 0.1) is 0 Å². The first-order chi connectivity index (χ1) is 24.8. The molecule has 0 bridgehead atoms. The maximum atomic E-state index is 6.79. The number of rotatable bonds is 5. The van der Waals surface area contributed by atoms with Crippen molar-refractivity contribution in [2.24, 2.45) is 0 Å². The van der Waals surface area contributed by atoms with Crippen LogP contribution in [0.5, 0.6) is 0 Å². The van der Waals surface area contributed by atoms with Crippen LogP contribution >= 0.6 is 0 Å². The lowest BCUT2D eigenvalue weighted by atomic mass is 9.93. The van der Waals surface area contributed by atoms with Gasteiger partial charge in [0, 0.05) is 32.9 Å². The molecule has 0 saturated carbocycles. The standard InChI is InChI=1S/C48H31NO/c1-2-12-32(13-3-1)34-24-27-37(28-25-34)49(38-29-26-33-14-4-5-16-36(33)30-38)45-31-44-47-42(40-21-10-17-35-15-6-7-18-39(35)40)22-11-23-46(47)50-48(44)43-20-9-8-19-41(43)45/h1-31H. The summed E-state index contributed by atoms with van der Waals surface area (Å²) in [5, 5.41) is 9.33. The minimum Gasteiger partial charge on any atom is -0.455 e. The van der Waals surface area contributed by atoms with Gasteiger partial charge in [-0.15, -0.1) is 0 Å². The minimum atomic E-state index is 0.886. The first kappa shape index (κ1) is 28.4. The van der Waals surface area contributed by atoms with Gasteiger partial charge in [0.25, 0.3) is 0 Å². The molecule has 2 heteroatoms. The summed E-state index contributed by atoms with van der Waals surface area (Å²) in [5.74, 6) is 0. The van der Waals surface area contributed by atoms with Crippen LogP contribution in [0.25, 0.3) is 76.5 Å². The van der Waals surface area contributed by atoms with Gasteiger partial charge in [0.2, 0.25) is 0 Å². The van der Waals surface area contributed by atoms with Crippen molar-refractivity contribution in [3.8, 4) is 22.3 Å². The van der Waals surface area contributed by atoms with Gasteiger partial charge in [0.05, 0.1) is 5.69 Å². The highest BCUT2D eigenvalue weighted by Crippen LogP contribution is 2.47. The maximum absolute atomic E-state index is 6.79. The Labute approximate surface area is 290 Å². The van der Waals surface area contributed by atoms with Crippen LogP contribution in [-0.4, -0.2) is 0 Å². The topological polar surface area (TPSA) is 16.4 Å². The van der Waals surface area contributed by atoms with Gasteiger partial charge in [-0.2, -0.15) is 0 Å². The average molecular weight is 638 g/mol. The van der Waals surface area contributed by atoms with E-state index >= 15 is 0 Å². The molecule has 2 nitrogen and oxygen atoms in total. The summed E-state index contributed by atoms with van der Waals surface area (Å²) in [4.78, 5) is 2.41. The smallest absolute Gasteiger partial charge is 0.143 e. The van der Waals surface area contributed by atoms with Crippen molar-refractivity contribution in [3.05, 3.63) is 188 Å². The van der Waals surface area contributed by atoms with Crippen molar-refractivity contribution in [1.29, 1.82) is 0 Å². The maximum Gasteiger partial charge on any atom is 0.143 e. The van der Waals surface area contributed by atoms with Crippen LogP contribution in [0.2, 0.25) is 0 Å². The van der Waals surface area contributed by atoms with E-state index in [4.69, 9.17) is 4.42 Å². The van der Waals surface area contributed by atoms with E-state index < -0.39 is 0 Å². The second-order valence-corrected chi connectivity index (χ2v) is 12.9. The van der Waals surface area contributed by atoms with E-state index in [0.29, 0.717) is 0 Å². The first-order valence-electron chi connectivity index (χ1n) is 17.1. The summed E-state index contributed by atoms with van der Waals surface area (Å²) in [6.07, 6.45) is 0. The Morgan fingerprint density at radius 1 is 0.360 bits per heavy atom. The lowest BCUT2D eigenvalue weighted by Gasteiger charge is -2.27. The average Bonchev–Trinajstić information content (AvgIpc) is 3.58. The number of anilines is 3. The molecule has 9 aromatic carbocycles. The number of fused-ring (bicyclic) bond motifs is 7. The van der Waals surface area contributed by atoms with Crippen molar-refractivity contribution in [2.75, 3.05) is 4.90 Å². The summed E-state index contributed by atoms with van der Waals surface area (Å²) >= 11 is 0. The Hall–Kier alpha value is -6.64. The van der Waals surface area contributed by atoms with Crippen LogP contribution in [0.15, 0.2) is 192 Å². The Kier molecular flexibility index (Phi) is 6.53. The molecule has 0 N–H and O–H groups in total. The van der Waals surface area contributed by atoms with E-state index in [2.05, 4.69) is 193 Å². The lowest BCUT2D eigenvalue weighted by Crippen LogP contribution is -2.10. The number of benzene rings is 9. The molecule has 234 valence electrons. The highest BCUT2D eigenvalue weighted by Gasteiger charge is 2.22. The number of hydrogen-bond donors (Lipinski definition) is 0. The Bertz CT molecular complexity index is 2860. The molecule has 0 amide bonds. The fraction of sp³-hybridized carbons (Fsp3) is 0. The van der Waals surface area contributed by atoms with Gasteiger partial charge in [-0.25, -0.2) is 0 Å². The molecule has 0 aliphatic carbocycles. The molecule has 10 rings (SSSR count). The van der Waals surface area contributed by atoms with Gasteiger partial charge in [0.15, 0.2) is 0 Å². The zero-order valence-corrected chi connectivity index (χ0v) is 27.3. The van der Waals surface area contributed by atoms with E-state index in [0.717, 1.165) is 49.8 Å². The Morgan fingerprint density at radius 2 is 0.980 bits per heavy atom. The summed E-state index contributed by atoms with van der Waals surface area (Å²) in [7, 11) is 0. The lowest BCUT2D eigenvalue weighted by molar-refractivity contribution is 0.673. The molecule has 10 aromatic rings. The van der Waals surface area contributed by atoms with Crippen molar-refractivity contribution in [3.63, 3.8) is 0 Å². The monoisotopic (exact) mass is 637 g/mol. The molecule has 0 saturated heterocycles. The molecule has 0 radical (unpaired) electrons. The van der Waals surface area contributed by atoms with E-state index in [1.165, 1.54) is 43.8 Å². The van der Waals surface area contributed by atoms with Gasteiger partial charge >= 0.3 is 0 Å². The Morgan fingerprint density at radius 3 is 1.82 bits per heavy atom. The molecule has 0 aliphatic heterocycles. The molecule has 0 spiro atoms. The van der Waals surface area contributed by atoms with E-state index in [1.807, 2.05) is 0 Å². The van der Waals surface area contributed by atoms with Crippen molar-refractivity contribution in [2.45, 2.75) is 0 Å². The predicted octanol–water partition coefficient (Wildman–Crippen LogP) is 13.8. The van der Waals surface area contributed by atoms with Gasteiger partial charge in [-0.3, -0.25) is 0 Å². The van der Waals surface area contributed by atoms with Crippen molar-refractivity contribution in [1.82, 2.24) is 0 Å². The zero-order chi connectivity index (χ0) is 33.0. The van der Waals surface area contributed by atoms with Crippen LogP contribution in [0.3, 0.4) is 0 Å². The largest absolute Gasteiger partial charge is 0.455 e. The van der Waals surface area contributed by atoms with Gasteiger partial charge < -0.3 is 9.32 Å². The van der Waals surface area contributed by atoms with Crippen LogP contribution in [0.1, 0.15) is 0 Å². The fourth-order valence-corrected chi connectivity index (χ4v) is 7.68. The minimum absolute atomic E-state index is 0.886. The van der Waals surface area contributed by atoms with Crippen molar-refractivity contribution < 1.29 is 4.42 Å². The quantitative estimate of drug-likeness (QED) is 0.187. The second kappa shape index (κ2) is 11.5. The summed E-state index contributed by atoms with van der Waals surface area (Å²) in [6, 6.07) is 67.5. The third kappa shape index (κ3) is 4.57. The van der Waals surface area contributed by atoms with Crippen LogP contribution in [-0.2, 0) is 0 Å². The Balaban J connectivity index is 1.27. The normalized spacial score (nSPS) is 11.6. The molecule has 0 unspecified atom stereocenters. The molecule has 1 heterocycles. The summed E-state index contributed by atoms with van der Waals surface area (Å²) in [6.45, 7) is 0. The van der Waals surface area contributed by atoms with Crippen molar-refractivity contribution >= 4 is 71.3 Å². The van der Waals surface area contributed by atoms with E-state index in [-0.39, 0.29) is 0 Å². The molecule has 0 atom stereocenters. The fourth-order valence-electron chi connectivity index (χ4n) is 7.68. The molecular formula is C48H31NO. The third-order valence-corrected chi connectivity index (χ3v) is 10.0. The molecule has 50 heavy (non-hydrogen) atoms. The van der Waals surface area contributed by atoms with Crippen LogP contribution < -0.4 is 4.90 Å². The molecule has 0 fully saturated rings. The SMILES string of the molecule is c1ccc(-c2ccc(N(c3ccc4ccccc4c3)c3cc4c(oc5cccc(-c6cccc7ccccc67)c54)c4ccccc34)cc2)cc1. The molecule has 0 aliphatic rings. The van der Waals surface area contributed by atoms with Gasteiger partial charge in [0.1, 0.15) is 11.2 Å². The second-order valence-electron chi connectivity index (χ2n) is 12.9. The van der Waals surface area contributed by atoms with Gasteiger partial charge in [-0.05, 0) is 80.2 Å².